The second kappa shape index (κ2) is 12.6. The van der Waals surface area contributed by atoms with Crippen LogP contribution >= 0.6 is 0 Å². The average Bonchev–Trinajstić information content (AvgIpc) is 3.73. The maximum absolute atomic E-state index is 6.52. The molecule has 1 aromatic heterocycles. The molecular formula is C50H37N3O. The number of anilines is 6. The quantitative estimate of drug-likeness (QED) is 0.166. The summed E-state index contributed by atoms with van der Waals surface area (Å²) < 4.78 is 6.52. The molecule has 54 heavy (non-hydrogen) atoms. The maximum atomic E-state index is 6.52. The highest BCUT2D eigenvalue weighted by Crippen LogP contribution is 2.51. The van der Waals surface area contributed by atoms with Crippen molar-refractivity contribution in [2.24, 2.45) is 0 Å². The molecule has 0 amide bonds. The minimum atomic E-state index is -0.138. The molecule has 0 radical (unpaired) electrons. The first kappa shape index (κ1) is 31.8. The lowest BCUT2D eigenvalue weighted by Gasteiger charge is -2.29. The zero-order chi connectivity index (χ0) is 36.2. The van der Waals surface area contributed by atoms with Crippen molar-refractivity contribution in [1.82, 2.24) is 4.98 Å². The van der Waals surface area contributed by atoms with Crippen molar-refractivity contribution >= 4 is 56.0 Å². The van der Waals surface area contributed by atoms with Crippen LogP contribution in [0, 0.1) is 0 Å². The zero-order valence-electron chi connectivity index (χ0n) is 30.1. The molecular weight excluding hydrogens is 659 g/mol. The fourth-order valence-electron chi connectivity index (χ4n) is 8.11. The highest BCUT2D eigenvalue weighted by atomic mass is 16.3. The number of benzene rings is 8. The molecule has 0 aliphatic heterocycles. The van der Waals surface area contributed by atoms with E-state index in [2.05, 4.69) is 212 Å². The van der Waals surface area contributed by atoms with E-state index in [1.807, 2.05) is 0 Å². The first-order valence-corrected chi connectivity index (χ1v) is 18.5. The van der Waals surface area contributed by atoms with Gasteiger partial charge in [0.05, 0.1) is 0 Å². The van der Waals surface area contributed by atoms with Crippen molar-refractivity contribution < 1.29 is 4.42 Å². The lowest BCUT2D eigenvalue weighted by Crippen LogP contribution is -2.14. The van der Waals surface area contributed by atoms with E-state index in [0.717, 1.165) is 50.8 Å². The van der Waals surface area contributed by atoms with Crippen LogP contribution in [0.25, 0.3) is 44.5 Å². The van der Waals surface area contributed by atoms with Gasteiger partial charge in [-0.3, -0.25) is 0 Å². The summed E-state index contributed by atoms with van der Waals surface area (Å²) in [5, 5.41) is 2.52. The van der Waals surface area contributed by atoms with E-state index in [4.69, 9.17) is 9.40 Å². The van der Waals surface area contributed by atoms with Gasteiger partial charge in [-0.25, -0.2) is 4.98 Å². The molecule has 4 heteroatoms. The summed E-state index contributed by atoms with van der Waals surface area (Å²) in [4.78, 5) is 9.62. The summed E-state index contributed by atoms with van der Waals surface area (Å²) in [5.74, 6) is 0.617. The molecule has 0 fully saturated rings. The lowest BCUT2D eigenvalue weighted by atomic mass is 9.82. The van der Waals surface area contributed by atoms with Gasteiger partial charge in [0.2, 0.25) is 5.89 Å². The largest absolute Gasteiger partial charge is 0.436 e. The highest BCUT2D eigenvalue weighted by molar-refractivity contribution is 5.96. The summed E-state index contributed by atoms with van der Waals surface area (Å²) in [5.41, 5.74) is 14.0. The number of para-hydroxylation sites is 3. The van der Waals surface area contributed by atoms with Gasteiger partial charge in [-0.15, -0.1) is 0 Å². The lowest BCUT2D eigenvalue weighted by molar-refractivity contribution is 0.619. The summed E-state index contributed by atoms with van der Waals surface area (Å²) in [6.45, 7) is 4.63. The van der Waals surface area contributed by atoms with Gasteiger partial charge in [0, 0.05) is 45.1 Å². The first-order valence-electron chi connectivity index (χ1n) is 18.5. The molecule has 0 N–H and O–H groups in total. The Balaban J connectivity index is 1.02. The third-order valence-electron chi connectivity index (χ3n) is 10.8. The number of aromatic nitrogens is 1. The molecule has 10 rings (SSSR count). The Bertz CT molecular complexity index is 2750. The third kappa shape index (κ3) is 5.34. The fraction of sp³-hybridized carbons (Fsp3) is 0.0600. The molecule has 0 atom stereocenters. The second-order valence-corrected chi connectivity index (χ2v) is 14.5. The van der Waals surface area contributed by atoms with E-state index in [9.17, 15) is 0 Å². The Morgan fingerprint density at radius 3 is 1.46 bits per heavy atom. The van der Waals surface area contributed by atoms with Crippen molar-refractivity contribution in [3.63, 3.8) is 0 Å². The molecule has 0 unspecified atom stereocenters. The van der Waals surface area contributed by atoms with Crippen LogP contribution < -0.4 is 9.80 Å². The van der Waals surface area contributed by atoms with Gasteiger partial charge >= 0.3 is 0 Å². The summed E-state index contributed by atoms with van der Waals surface area (Å²) in [6, 6.07) is 66.5. The van der Waals surface area contributed by atoms with Crippen molar-refractivity contribution in [1.29, 1.82) is 0 Å². The Morgan fingerprint density at radius 2 is 0.889 bits per heavy atom. The average molecular weight is 696 g/mol. The van der Waals surface area contributed by atoms with Crippen LogP contribution in [0.5, 0.6) is 0 Å². The number of oxazole rings is 1. The topological polar surface area (TPSA) is 32.5 Å². The molecule has 1 heterocycles. The van der Waals surface area contributed by atoms with Crippen LogP contribution in [-0.2, 0) is 5.41 Å². The maximum Gasteiger partial charge on any atom is 0.227 e. The first-order chi connectivity index (χ1) is 26.5. The standard InChI is InChI=1S/C50H37N3O/c1-50(2)45-30-36-16-13-12-15-35(36)29-43(45)44-32-48-47(33-46(44)50)51-49(54-48)34-25-27-40(28-26-34)53(39-21-10-5-11-22-39)42-24-14-23-41(31-42)52(37-17-6-3-7-18-37)38-19-8-4-9-20-38/h3-33H,1-2H3. The van der Waals surface area contributed by atoms with E-state index in [1.54, 1.807) is 0 Å². The van der Waals surface area contributed by atoms with Gasteiger partial charge in [-0.2, -0.15) is 0 Å². The van der Waals surface area contributed by atoms with Crippen molar-refractivity contribution in [2.45, 2.75) is 19.3 Å². The van der Waals surface area contributed by atoms with Crippen LogP contribution in [0.4, 0.5) is 34.1 Å². The fourth-order valence-corrected chi connectivity index (χ4v) is 8.11. The van der Waals surface area contributed by atoms with Crippen molar-refractivity contribution in [3.05, 3.63) is 199 Å². The number of rotatable bonds is 7. The van der Waals surface area contributed by atoms with Gasteiger partial charge in [-0.05, 0) is 136 Å². The SMILES string of the molecule is CC1(C)c2cc3ccccc3cc2-c2cc3oc(-c4ccc(N(c5ccccc5)c5cccc(N(c6ccccc6)c6ccccc6)c5)cc4)nc3cc21. The van der Waals surface area contributed by atoms with Crippen molar-refractivity contribution in [2.75, 3.05) is 9.80 Å². The smallest absolute Gasteiger partial charge is 0.227 e. The minimum Gasteiger partial charge on any atom is -0.436 e. The molecule has 0 saturated carbocycles. The van der Waals surface area contributed by atoms with Gasteiger partial charge in [0.15, 0.2) is 5.58 Å². The molecule has 0 bridgehead atoms. The van der Waals surface area contributed by atoms with E-state index < -0.39 is 0 Å². The predicted molar refractivity (Wildman–Crippen MR) is 224 cm³/mol. The summed E-state index contributed by atoms with van der Waals surface area (Å²) in [7, 11) is 0. The number of hydrogen-bond donors (Lipinski definition) is 0. The Hall–Kier alpha value is -6.91. The van der Waals surface area contributed by atoms with Gasteiger partial charge in [0.1, 0.15) is 5.52 Å². The molecule has 9 aromatic rings. The third-order valence-corrected chi connectivity index (χ3v) is 10.8. The Morgan fingerprint density at radius 1 is 0.426 bits per heavy atom. The van der Waals surface area contributed by atoms with Crippen LogP contribution in [0.3, 0.4) is 0 Å². The normalized spacial score (nSPS) is 12.8. The molecule has 258 valence electrons. The second-order valence-electron chi connectivity index (χ2n) is 14.5. The van der Waals surface area contributed by atoms with Crippen molar-refractivity contribution in [3.8, 4) is 22.6 Å². The van der Waals surface area contributed by atoms with Crippen LogP contribution in [-0.4, -0.2) is 4.98 Å². The molecule has 8 aromatic carbocycles. The molecule has 0 spiro atoms. The van der Waals surface area contributed by atoms with Gasteiger partial charge < -0.3 is 14.2 Å². The highest BCUT2D eigenvalue weighted by Gasteiger charge is 2.36. The van der Waals surface area contributed by atoms with Crippen LogP contribution in [0.1, 0.15) is 25.0 Å². The number of nitrogens with zero attached hydrogens (tertiary/aromatic N) is 3. The molecule has 4 nitrogen and oxygen atoms in total. The van der Waals surface area contributed by atoms with Crippen LogP contribution in [0.15, 0.2) is 192 Å². The molecule has 1 aliphatic rings. The van der Waals surface area contributed by atoms with E-state index >= 15 is 0 Å². The summed E-state index contributed by atoms with van der Waals surface area (Å²) >= 11 is 0. The van der Waals surface area contributed by atoms with Crippen LogP contribution in [0.2, 0.25) is 0 Å². The Labute approximate surface area is 315 Å². The minimum absolute atomic E-state index is 0.138. The zero-order valence-corrected chi connectivity index (χ0v) is 30.1. The number of hydrogen-bond acceptors (Lipinski definition) is 4. The molecule has 1 aliphatic carbocycles. The molecule has 0 saturated heterocycles. The summed E-state index contributed by atoms with van der Waals surface area (Å²) in [6.07, 6.45) is 0. The Kier molecular flexibility index (Phi) is 7.44. The van der Waals surface area contributed by atoms with Gasteiger partial charge in [0.25, 0.3) is 0 Å². The van der Waals surface area contributed by atoms with Gasteiger partial charge in [-0.1, -0.05) is 98.8 Å². The monoisotopic (exact) mass is 695 g/mol. The number of fused-ring (bicyclic) bond motifs is 5. The predicted octanol–water partition coefficient (Wildman–Crippen LogP) is 13.9. The van der Waals surface area contributed by atoms with E-state index in [0.29, 0.717) is 5.89 Å². The van der Waals surface area contributed by atoms with E-state index in [-0.39, 0.29) is 5.41 Å². The van der Waals surface area contributed by atoms with E-state index in [1.165, 1.54) is 33.0 Å².